The summed E-state index contributed by atoms with van der Waals surface area (Å²) in [5.74, 6) is -0.532. The molecule has 0 saturated carbocycles. The Kier molecular flexibility index (Phi) is 6.60. The third-order valence-corrected chi connectivity index (χ3v) is 3.64. The highest BCUT2D eigenvalue weighted by Gasteiger charge is 2.25. The van der Waals surface area contributed by atoms with E-state index in [-0.39, 0.29) is 12.1 Å². The fourth-order valence-corrected chi connectivity index (χ4v) is 2.46. The number of nitrogens with one attached hydrogen (secondary N) is 1. The quantitative estimate of drug-likeness (QED) is 0.850. The molecule has 1 rings (SSSR count). The van der Waals surface area contributed by atoms with Gasteiger partial charge in [-0.2, -0.15) is 0 Å². The Morgan fingerprint density at radius 2 is 1.45 bits per heavy atom. The van der Waals surface area contributed by atoms with Crippen LogP contribution in [0, 0.1) is 0 Å². The first-order valence-electron chi connectivity index (χ1n) is 7.93. The average Bonchev–Trinajstić information content (AvgIpc) is 2.44. The van der Waals surface area contributed by atoms with E-state index >= 15 is 0 Å². The molecule has 4 heteroatoms. The first-order chi connectivity index (χ1) is 10.2. The molecule has 0 heterocycles. The lowest BCUT2D eigenvalue weighted by Gasteiger charge is -2.29. The third kappa shape index (κ3) is 4.86. The Morgan fingerprint density at radius 1 is 0.955 bits per heavy atom. The van der Waals surface area contributed by atoms with E-state index in [2.05, 4.69) is 31.3 Å². The number of hydrogen-bond donors (Lipinski definition) is 1. The molecule has 0 spiro atoms. The van der Waals surface area contributed by atoms with Crippen molar-refractivity contribution in [1.82, 2.24) is 10.2 Å². The molecule has 0 bridgehead atoms. The lowest BCUT2D eigenvalue weighted by atomic mass is 10.0. The predicted octanol–water partition coefficient (Wildman–Crippen LogP) is 3.07. The van der Waals surface area contributed by atoms with Gasteiger partial charge >= 0.3 is 11.8 Å². The maximum absolute atomic E-state index is 12.2. The number of carbonyl (C=O) groups is 2. The van der Waals surface area contributed by atoms with Crippen molar-refractivity contribution >= 4 is 11.8 Å². The van der Waals surface area contributed by atoms with Gasteiger partial charge in [0.1, 0.15) is 0 Å². The first kappa shape index (κ1) is 18.2. The Morgan fingerprint density at radius 3 is 1.86 bits per heavy atom. The van der Waals surface area contributed by atoms with Crippen molar-refractivity contribution in [2.45, 2.75) is 66.1 Å². The molecular weight excluding hydrogens is 276 g/mol. The van der Waals surface area contributed by atoms with Crippen LogP contribution in [0.2, 0.25) is 0 Å². The Labute approximate surface area is 133 Å². The van der Waals surface area contributed by atoms with Crippen molar-refractivity contribution in [1.29, 1.82) is 0 Å². The number of hydrogen-bond acceptors (Lipinski definition) is 2. The van der Waals surface area contributed by atoms with E-state index in [9.17, 15) is 9.59 Å². The summed E-state index contributed by atoms with van der Waals surface area (Å²) in [6, 6.07) is 8.10. The smallest absolute Gasteiger partial charge is 0.312 e. The first-order valence-corrected chi connectivity index (χ1v) is 7.93. The molecule has 22 heavy (non-hydrogen) atoms. The van der Waals surface area contributed by atoms with Crippen LogP contribution in [-0.4, -0.2) is 28.8 Å². The molecule has 4 nitrogen and oxygen atoms in total. The van der Waals surface area contributed by atoms with Gasteiger partial charge in [-0.15, -0.1) is 0 Å². The summed E-state index contributed by atoms with van der Waals surface area (Å²) in [7, 11) is 0. The van der Waals surface area contributed by atoms with E-state index in [4.69, 9.17) is 0 Å². The largest absolute Gasteiger partial charge is 0.344 e. The van der Waals surface area contributed by atoms with Gasteiger partial charge in [-0.1, -0.05) is 38.1 Å². The molecule has 0 saturated heterocycles. The standard InChI is InChI=1S/C18H28N2O2/c1-12(2)16-9-7-15(8-10-16)11-19-17(21)18(22)20(13(3)4)14(5)6/h7-10,12-14H,11H2,1-6H3,(H,19,21). The van der Waals surface area contributed by atoms with Crippen molar-refractivity contribution in [3.63, 3.8) is 0 Å². The van der Waals surface area contributed by atoms with Gasteiger partial charge in [0, 0.05) is 18.6 Å². The summed E-state index contributed by atoms with van der Waals surface area (Å²) in [5, 5.41) is 2.71. The third-order valence-electron chi connectivity index (χ3n) is 3.64. The van der Waals surface area contributed by atoms with Gasteiger partial charge in [-0.05, 0) is 44.7 Å². The van der Waals surface area contributed by atoms with Gasteiger partial charge in [0.25, 0.3) is 0 Å². The second-order valence-electron chi connectivity index (χ2n) is 6.48. The Hall–Kier alpha value is -1.84. The summed E-state index contributed by atoms with van der Waals surface area (Å²) < 4.78 is 0. The SMILES string of the molecule is CC(C)c1ccc(CNC(=O)C(=O)N(C(C)C)C(C)C)cc1. The summed E-state index contributed by atoms with van der Waals surface area (Å²) in [5.41, 5.74) is 2.25. The summed E-state index contributed by atoms with van der Waals surface area (Å²) in [4.78, 5) is 25.8. The van der Waals surface area contributed by atoms with Crippen molar-refractivity contribution in [2.75, 3.05) is 0 Å². The Balaban J connectivity index is 2.63. The minimum absolute atomic E-state index is 0.00331. The second kappa shape index (κ2) is 7.97. The molecule has 0 radical (unpaired) electrons. The van der Waals surface area contributed by atoms with Crippen LogP contribution in [0.4, 0.5) is 0 Å². The fraction of sp³-hybridized carbons (Fsp3) is 0.556. The number of rotatable bonds is 5. The average molecular weight is 304 g/mol. The highest BCUT2D eigenvalue weighted by Crippen LogP contribution is 2.14. The topological polar surface area (TPSA) is 49.4 Å². The van der Waals surface area contributed by atoms with Gasteiger partial charge in [0.2, 0.25) is 0 Å². The monoisotopic (exact) mass is 304 g/mol. The zero-order valence-corrected chi connectivity index (χ0v) is 14.5. The zero-order valence-electron chi connectivity index (χ0n) is 14.5. The van der Waals surface area contributed by atoms with Crippen molar-refractivity contribution in [3.05, 3.63) is 35.4 Å². The Bertz CT molecular complexity index is 496. The van der Waals surface area contributed by atoms with Crippen LogP contribution in [0.15, 0.2) is 24.3 Å². The lowest BCUT2D eigenvalue weighted by Crippen LogP contribution is -2.49. The normalized spacial score (nSPS) is 11.1. The van der Waals surface area contributed by atoms with Crippen LogP contribution in [0.1, 0.15) is 58.6 Å². The maximum atomic E-state index is 12.2. The number of amides is 2. The van der Waals surface area contributed by atoms with E-state index in [0.717, 1.165) is 5.56 Å². The molecule has 122 valence electrons. The molecule has 0 unspecified atom stereocenters. The van der Waals surface area contributed by atoms with Gasteiger partial charge in [0.05, 0.1) is 0 Å². The minimum Gasteiger partial charge on any atom is -0.344 e. The predicted molar refractivity (Wildman–Crippen MR) is 89.5 cm³/mol. The highest BCUT2D eigenvalue weighted by atomic mass is 16.2. The fourth-order valence-electron chi connectivity index (χ4n) is 2.46. The molecule has 2 amide bonds. The summed E-state index contributed by atoms with van der Waals surface area (Å²) in [6.07, 6.45) is 0. The minimum atomic E-state index is -0.546. The highest BCUT2D eigenvalue weighted by molar-refractivity contribution is 6.35. The number of carbonyl (C=O) groups excluding carboxylic acids is 2. The van der Waals surface area contributed by atoms with Gasteiger partial charge in [-0.25, -0.2) is 0 Å². The summed E-state index contributed by atoms with van der Waals surface area (Å²) in [6.45, 7) is 12.3. The van der Waals surface area contributed by atoms with Crippen LogP contribution < -0.4 is 5.32 Å². The van der Waals surface area contributed by atoms with Gasteiger partial charge in [-0.3, -0.25) is 9.59 Å². The van der Waals surface area contributed by atoms with E-state index in [1.54, 1.807) is 4.90 Å². The molecule has 1 aromatic rings. The molecule has 0 atom stereocenters. The molecule has 0 aliphatic carbocycles. The van der Waals surface area contributed by atoms with E-state index in [1.807, 2.05) is 39.8 Å². The molecule has 0 fully saturated rings. The second-order valence-corrected chi connectivity index (χ2v) is 6.48. The van der Waals surface area contributed by atoms with Crippen molar-refractivity contribution in [3.8, 4) is 0 Å². The molecule has 0 aliphatic rings. The van der Waals surface area contributed by atoms with Crippen LogP contribution in [0.3, 0.4) is 0 Å². The van der Waals surface area contributed by atoms with Gasteiger partial charge in [0.15, 0.2) is 0 Å². The van der Waals surface area contributed by atoms with Crippen LogP contribution in [0.5, 0.6) is 0 Å². The zero-order chi connectivity index (χ0) is 16.9. The van der Waals surface area contributed by atoms with Crippen LogP contribution in [-0.2, 0) is 16.1 Å². The number of nitrogens with zero attached hydrogens (tertiary/aromatic N) is 1. The lowest BCUT2D eigenvalue weighted by molar-refractivity contribution is -0.148. The van der Waals surface area contributed by atoms with E-state index < -0.39 is 11.8 Å². The molecular formula is C18H28N2O2. The van der Waals surface area contributed by atoms with Crippen LogP contribution >= 0.6 is 0 Å². The van der Waals surface area contributed by atoms with Crippen LogP contribution in [0.25, 0.3) is 0 Å². The van der Waals surface area contributed by atoms with Gasteiger partial charge < -0.3 is 10.2 Å². The molecule has 1 N–H and O–H groups in total. The molecule has 0 aliphatic heterocycles. The molecule has 1 aromatic carbocycles. The summed E-state index contributed by atoms with van der Waals surface area (Å²) >= 11 is 0. The van der Waals surface area contributed by atoms with Crippen molar-refractivity contribution < 1.29 is 9.59 Å². The number of benzene rings is 1. The van der Waals surface area contributed by atoms with E-state index in [0.29, 0.717) is 12.5 Å². The molecule has 0 aromatic heterocycles. The maximum Gasteiger partial charge on any atom is 0.312 e. The van der Waals surface area contributed by atoms with Crippen molar-refractivity contribution in [2.24, 2.45) is 0 Å². The van der Waals surface area contributed by atoms with E-state index in [1.165, 1.54) is 5.56 Å².